The molecule has 1 aliphatic heterocycles. The second kappa shape index (κ2) is 6.28. The first kappa shape index (κ1) is 17.6. The van der Waals surface area contributed by atoms with E-state index in [1.54, 1.807) is 0 Å². The number of hydrogen-bond donors (Lipinski definition) is 0. The number of carbonyl (C=O) groups excluding carboxylic acids is 2. The number of anilines is 1. The van der Waals surface area contributed by atoms with Crippen molar-refractivity contribution in [3.63, 3.8) is 0 Å². The Morgan fingerprint density at radius 3 is 2.11 bits per heavy atom. The summed E-state index contributed by atoms with van der Waals surface area (Å²) in [6, 6.07) is 15.9. The number of nitrogens with zero attached hydrogens (tertiary/aromatic N) is 1. The molecule has 4 heteroatoms. The number of amides is 2. The van der Waals surface area contributed by atoms with Crippen LogP contribution in [0, 0.1) is 30.6 Å². The largest absolute Gasteiger partial charge is 0.274 e. The van der Waals surface area contributed by atoms with Crippen LogP contribution in [0.15, 0.2) is 70.7 Å². The standard InChI is InChI=1S/C24H20BrNO2/c1-13-8-9-16(12-19(13)25)26-23(27)21-17-10-11-18(22(21)24(26)28)20(17)14(2)15-6-4-3-5-7-15/h3-12,17-18,21-22H,1-2H3/t17-,18-,21-,22-/m1/s1. The Kier molecular flexibility index (Phi) is 3.95. The normalized spacial score (nSPS) is 27.7. The number of halogens is 1. The van der Waals surface area contributed by atoms with Crippen LogP contribution >= 0.6 is 15.9 Å². The molecule has 1 heterocycles. The number of hydrogen-bond acceptors (Lipinski definition) is 2. The Morgan fingerprint density at radius 1 is 0.929 bits per heavy atom. The van der Waals surface area contributed by atoms with Gasteiger partial charge in [-0.15, -0.1) is 0 Å². The molecule has 0 unspecified atom stereocenters. The first-order valence-electron chi connectivity index (χ1n) is 9.57. The third kappa shape index (κ3) is 2.34. The highest BCUT2D eigenvalue weighted by atomic mass is 79.9. The van der Waals surface area contributed by atoms with Crippen molar-refractivity contribution in [3.05, 3.63) is 81.9 Å². The van der Waals surface area contributed by atoms with E-state index in [0.717, 1.165) is 15.6 Å². The van der Waals surface area contributed by atoms with Crippen LogP contribution in [0.3, 0.4) is 0 Å². The molecule has 5 rings (SSSR count). The van der Waals surface area contributed by atoms with Gasteiger partial charge >= 0.3 is 0 Å². The number of carbonyl (C=O) groups is 2. The summed E-state index contributed by atoms with van der Waals surface area (Å²) in [5.74, 6) is -0.662. The van der Waals surface area contributed by atoms with E-state index in [2.05, 4.69) is 47.1 Å². The van der Waals surface area contributed by atoms with Crippen LogP contribution in [0.2, 0.25) is 0 Å². The molecule has 2 aromatic carbocycles. The van der Waals surface area contributed by atoms with E-state index in [0.29, 0.717) is 5.69 Å². The highest BCUT2D eigenvalue weighted by Gasteiger charge is 2.62. The van der Waals surface area contributed by atoms with Crippen LogP contribution in [0.25, 0.3) is 5.57 Å². The Hall–Kier alpha value is -2.46. The van der Waals surface area contributed by atoms with Crippen LogP contribution in [0.5, 0.6) is 0 Å². The maximum atomic E-state index is 13.3. The van der Waals surface area contributed by atoms with Crippen molar-refractivity contribution in [2.24, 2.45) is 23.7 Å². The number of benzene rings is 2. The summed E-state index contributed by atoms with van der Waals surface area (Å²) in [7, 11) is 0. The zero-order valence-electron chi connectivity index (χ0n) is 15.7. The molecule has 0 N–H and O–H groups in total. The minimum atomic E-state index is -0.281. The Labute approximate surface area is 172 Å². The molecule has 3 aliphatic rings. The maximum absolute atomic E-state index is 13.3. The predicted octanol–water partition coefficient (Wildman–Crippen LogP) is 5.15. The van der Waals surface area contributed by atoms with Crippen molar-refractivity contribution in [2.45, 2.75) is 13.8 Å². The second-order valence-corrected chi connectivity index (χ2v) is 8.73. The summed E-state index contributed by atoms with van der Waals surface area (Å²) < 4.78 is 0.907. The number of fused-ring (bicyclic) bond motifs is 5. The fourth-order valence-electron chi connectivity index (χ4n) is 5.09. The van der Waals surface area contributed by atoms with Crippen LogP contribution in [0.1, 0.15) is 18.1 Å². The van der Waals surface area contributed by atoms with Crippen molar-refractivity contribution in [2.75, 3.05) is 4.90 Å². The number of rotatable bonds is 2. The van der Waals surface area contributed by atoms with Crippen molar-refractivity contribution in [1.82, 2.24) is 0 Å². The molecule has 0 radical (unpaired) electrons. The zero-order chi connectivity index (χ0) is 19.6. The van der Waals surface area contributed by atoms with Crippen molar-refractivity contribution in [3.8, 4) is 0 Å². The minimum Gasteiger partial charge on any atom is -0.274 e. The van der Waals surface area contributed by atoms with Crippen LogP contribution in [-0.4, -0.2) is 11.8 Å². The molecule has 3 nitrogen and oxygen atoms in total. The highest BCUT2D eigenvalue weighted by molar-refractivity contribution is 9.10. The summed E-state index contributed by atoms with van der Waals surface area (Å²) in [5.41, 5.74) is 5.34. The van der Waals surface area contributed by atoms with E-state index in [-0.39, 0.29) is 35.5 Å². The third-order valence-corrected chi connectivity index (χ3v) is 7.32. The lowest BCUT2D eigenvalue weighted by Gasteiger charge is -2.20. The molecule has 0 aromatic heterocycles. The molecule has 2 aromatic rings. The maximum Gasteiger partial charge on any atom is 0.238 e. The molecule has 0 spiro atoms. The number of imide groups is 1. The average Bonchev–Trinajstić information content (AvgIpc) is 3.34. The number of aryl methyl sites for hydroxylation is 1. The molecule has 28 heavy (non-hydrogen) atoms. The highest BCUT2D eigenvalue weighted by Crippen LogP contribution is 2.58. The summed E-state index contributed by atoms with van der Waals surface area (Å²) in [4.78, 5) is 28.0. The Bertz CT molecular complexity index is 1040. The van der Waals surface area contributed by atoms with Gasteiger partial charge < -0.3 is 0 Å². The van der Waals surface area contributed by atoms with Crippen molar-refractivity contribution in [1.29, 1.82) is 0 Å². The van der Waals surface area contributed by atoms with Gasteiger partial charge in [0.15, 0.2) is 0 Å². The summed E-state index contributed by atoms with van der Waals surface area (Å²) in [5, 5.41) is 0. The fraction of sp³-hybridized carbons (Fsp3) is 0.250. The van der Waals surface area contributed by atoms with E-state index in [1.807, 2.05) is 43.3 Å². The Morgan fingerprint density at radius 2 is 1.54 bits per heavy atom. The van der Waals surface area contributed by atoms with E-state index >= 15 is 0 Å². The monoisotopic (exact) mass is 433 g/mol. The predicted molar refractivity (Wildman–Crippen MR) is 114 cm³/mol. The smallest absolute Gasteiger partial charge is 0.238 e. The first-order valence-corrected chi connectivity index (χ1v) is 10.4. The molecule has 2 bridgehead atoms. The van der Waals surface area contributed by atoms with E-state index < -0.39 is 0 Å². The van der Waals surface area contributed by atoms with E-state index in [1.165, 1.54) is 16.0 Å². The van der Waals surface area contributed by atoms with Gasteiger partial charge in [0.1, 0.15) is 0 Å². The van der Waals surface area contributed by atoms with Gasteiger partial charge in [-0.3, -0.25) is 9.59 Å². The SMILES string of the molecule is CC(=C1[C@H]2C=C[C@H]1[C@H]1C(=O)N(c3ccc(C)c(Br)c3)C(=O)[C@@H]12)c1ccccc1. The summed E-state index contributed by atoms with van der Waals surface area (Å²) in [6.45, 7) is 4.10. The first-order chi connectivity index (χ1) is 13.5. The molecule has 1 saturated heterocycles. The van der Waals surface area contributed by atoms with Gasteiger partial charge in [-0.1, -0.05) is 70.1 Å². The van der Waals surface area contributed by atoms with Gasteiger partial charge in [-0.25, -0.2) is 4.90 Å². The van der Waals surface area contributed by atoms with Crippen LogP contribution < -0.4 is 4.90 Å². The molecule has 1 saturated carbocycles. The minimum absolute atomic E-state index is 0.0190. The van der Waals surface area contributed by atoms with Crippen LogP contribution in [0.4, 0.5) is 5.69 Å². The lowest BCUT2D eigenvalue weighted by molar-refractivity contribution is -0.122. The van der Waals surface area contributed by atoms with E-state index in [4.69, 9.17) is 0 Å². The van der Waals surface area contributed by atoms with E-state index in [9.17, 15) is 9.59 Å². The second-order valence-electron chi connectivity index (χ2n) is 7.88. The molecular formula is C24H20BrNO2. The van der Waals surface area contributed by atoms with Gasteiger partial charge in [-0.05, 0) is 42.7 Å². The lowest BCUT2D eigenvalue weighted by atomic mass is 9.85. The molecule has 2 aliphatic carbocycles. The van der Waals surface area contributed by atoms with Crippen molar-refractivity contribution < 1.29 is 9.59 Å². The molecule has 2 fully saturated rings. The van der Waals surface area contributed by atoms with Crippen molar-refractivity contribution >= 4 is 39.0 Å². The van der Waals surface area contributed by atoms with Gasteiger partial charge in [0, 0.05) is 16.3 Å². The van der Waals surface area contributed by atoms with Gasteiger partial charge in [0.25, 0.3) is 0 Å². The molecule has 4 atom stereocenters. The summed E-state index contributed by atoms with van der Waals surface area (Å²) in [6.07, 6.45) is 4.26. The quantitative estimate of drug-likeness (QED) is 0.484. The van der Waals surface area contributed by atoms with Gasteiger partial charge in [0.2, 0.25) is 11.8 Å². The molecular weight excluding hydrogens is 414 g/mol. The van der Waals surface area contributed by atoms with Gasteiger partial charge in [-0.2, -0.15) is 0 Å². The summed E-state index contributed by atoms with van der Waals surface area (Å²) >= 11 is 3.52. The van der Waals surface area contributed by atoms with Crippen LogP contribution in [-0.2, 0) is 9.59 Å². The zero-order valence-corrected chi connectivity index (χ0v) is 17.3. The topological polar surface area (TPSA) is 37.4 Å². The Balaban J connectivity index is 1.55. The number of allylic oxidation sites excluding steroid dienone is 4. The van der Waals surface area contributed by atoms with Gasteiger partial charge in [0.05, 0.1) is 17.5 Å². The third-order valence-electron chi connectivity index (χ3n) is 6.47. The lowest BCUT2D eigenvalue weighted by Crippen LogP contribution is -2.33. The molecule has 2 amide bonds. The molecule has 140 valence electrons. The average molecular weight is 434 g/mol. The fourth-order valence-corrected chi connectivity index (χ4v) is 5.46.